The van der Waals surface area contributed by atoms with Gasteiger partial charge in [-0.25, -0.2) is 4.79 Å². The molecule has 1 fully saturated rings. The highest BCUT2D eigenvalue weighted by atomic mass is 16.2. The van der Waals surface area contributed by atoms with Crippen molar-refractivity contribution in [3.05, 3.63) is 66.2 Å². The van der Waals surface area contributed by atoms with Crippen LogP contribution in [0.2, 0.25) is 0 Å². The van der Waals surface area contributed by atoms with E-state index in [2.05, 4.69) is 10.6 Å². The first-order valence-electron chi connectivity index (χ1n) is 7.64. The van der Waals surface area contributed by atoms with Gasteiger partial charge in [0.2, 0.25) is 5.91 Å². The van der Waals surface area contributed by atoms with Crippen molar-refractivity contribution in [2.45, 2.75) is 12.5 Å². The largest absolute Gasteiger partial charge is 0.325 e. The molecule has 1 aliphatic heterocycles. The maximum atomic E-state index is 12.4. The molecule has 1 atom stereocenters. The van der Waals surface area contributed by atoms with Crippen molar-refractivity contribution in [1.29, 1.82) is 0 Å². The second kappa shape index (κ2) is 6.95. The Morgan fingerprint density at radius 2 is 1.62 bits per heavy atom. The maximum absolute atomic E-state index is 12.4. The lowest BCUT2D eigenvalue weighted by molar-refractivity contribution is -0.130. The predicted molar refractivity (Wildman–Crippen MR) is 89.3 cm³/mol. The number of carbonyl (C=O) groups excluding carboxylic acids is 3. The molecule has 0 saturated carbocycles. The Bertz CT molecular complexity index is 747. The first-order chi connectivity index (χ1) is 11.6. The fraction of sp³-hybridized carbons (Fsp3) is 0.167. The quantitative estimate of drug-likeness (QED) is 0.824. The van der Waals surface area contributed by atoms with Crippen molar-refractivity contribution in [3.8, 4) is 0 Å². The minimum atomic E-state index is -0.635. The molecule has 2 aromatic carbocycles. The van der Waals surface area contributed by atoms with E-state index in [-0.39, 0.29) is 12.5 Å². The third-order valence-corrected chi connectivity index (χ3v) is 3.75. The molecule has 6 heteroatoms. The molecule has 24 heavy (non-hydrogen) atoms. The van der Waals surface area contributed by atoms with Crippen LogP contribution in [0.25, 0.3) is 0 Å². The van der Waals surface area contributed by atoms with Gasteiger partial charge in [0.25, 0.3) is 5.91 Å². The molecule has 4 amide bonds. The molecule has 1 saturated heterocycles. The molecule has 2 N–H and O–H groups in total. The summed E-state index contributed by atoms with van der Waals surface area (Å²) in [4.78, 5) is 37.3. The summed E-state index contributed by atoms with van der Waals surface area (Å²) >= 11 is 0. The Labute approximate surface area is 139 Å². The van der Waals surface area contributed by atoms with Crippen molar-refractivity contribution in [3.63, 3.8) is 0 Å². The first kappa shape index (κ1) is 15.7. The number of hydrogen-bond donors (Lipinski definition) is 2. The van der Waals surface area contributed by atoms with Gasteiger partial charge in [-0.2, -0.15) is 0 Å². The van der Waals surface area contributed by atoms with E-state index in [1.54, 1.807) is 24.3 Å². The van der Waals surface area contributed by atoms with E-state index in [1.807, 2.05) is 36.4 Å². The van der Waals surface area contributed by atoms with Crippen molar-refractivity contribution in [2.75, 3.05) is 11.9 Å². The summed E-state index contributed by atoms with van der Waals surface area (Å²) < 4.78 is 0. The van der Waals surface area contributed by atoms with Crippen molar-refractivity contribution >= 4 is 23.5 Å². The van der Waals surface area contributed by atoms with E-state index >= 15 is 0 Å². The topological polar surface area (TPSA) is 78.5 Å². The summed E-state index contributed by atoms with van der Waals surface area (Å²) in [5.41, 5.74) is 1.57. The van der Waals surface area contributed by atoms with Gasteiger partial charge in [0.1, 0.15) is 12.6 Å². The highest BCUT2D eigenvalue weighted by Crippen LogP contribution is 2.13. The molecule has 0 aromatic heterocycles. The van der Waals surface area contributed by atoms with Gasteiger partial charge >= 0.3 is 6.03 Å². The number of amides is 4. The van der Waals surface area contributed by atoms with Gasteiger partial charge in [-0.15, -0.1) is 0 Å². The minimum Gasteiger partial charge on any atom is -0.325 e. The van der Waals surface area contributed by atoms with Crippen LogP contribution in [0.5, 0.6) is 0 Å². The predicted octanol–water partition coefficient (Wildman–Crippen LogP) is 1.79. The van der Waals surface area contributed by atoms with Crippen molar-refractivity contribution < 1.29 is 14.4 Å². The fourth-order valence-corrected chi connectivity index (χ4v) is 2.58. The summed E-state index contributed by atoms with van der Waals surface area (Å²) in [7, 11) is 0. The number of benzene rings is 2. The molecule has 6 nitrogen and oxygen atoms in total. The summed E-state index contributed by atoms with van der Waals surface area (Å²) in [6, 6.07) is 17.1. The number of urea groups is 1. The number of nitrogens with zero attached hydrogens (tertiary/aromatic N) is 1. The zero-order valence-electron chi connectivity index (χ0n) is 12.9. The first-order valence-corrected chi connectivity index (χ1v) is 7.64. The second-order valence-corrected chi connectivity index (χ2v) is 5.53. The number of hydrogen-bond acceptors (Lipinski definition) is 3. The number of nitrogens with one attached hydrogen (secondary N) is 2. The van der Waals surface area contributed by atoms with Crippen molar-refractivity contribution in [2.24, 2.45) is 0 Å². The van der Waals surface area contributed by atoms with Gasteiger partial charge in [-0.3, -0.25) is 14.5 Å². The van der Waals surface area contributed by atoms with Crippen molar-refractivity contribution in [1.82, 2.24) is 10.2 Å². The Hall–Kier alpha value is -3.15. The van der Waals surface area contributed by atoms with Crippen LogP contribution in [-0.4, -0.2) is 35.3 Å². The normalized spacial score (nSPS) is 16.8. The fourth-order valence-electron chi connectivity index (χ4n) is 2.58. The Morgan fingerprint density at radius 3 is 2.29 bits per heavy atom. The van der Waals surface area contributed by atoms with Crippen LogP contribution in [0.15, 0.2) is 60.7 Å². The van der Waals surface area contributed by atoms with E-state index in [0.29, 0.717) is 12.1 Å². The van der Waals surface area contributed by atoms with Gasteiger partial charge in [0.05, 0.1) is 0 Å². The monoisotopic (exact) mass is 323 g/mol. The average Bonchev–Trinajstić information content (AvgIpc) is 2.84. The van der Waals surface area contributed by atoms with Crippen LogP contribution in [0.4, 0.5) is 10.5 Å². The molecule has 0 unspecified atom stereocenters. The smallest absolute Gasteiger partial charge is 0.325 e. The Kier molecular flexibility index (Phi) is 4.56. The van der Waals surface area contributed by atoms with Crippen LogP contribution in [0.3, 0.4) is 0 Å². The van der Waals surface area contributed by atoms with E-state index in [4.69, 9.17) is 0 Å². The van der Waals surface area contributed by atoms with E-state index in [1.165, 1.54) is 0 Å². The van der Waals surface area contributed by atoms with Gasteiger partial charge in [-0.1, -0.05) is 48.5 Å². The molecule has 0 bridgehead atoms. The molecule has 1 heterocycles. The summed E-state index contributed by atoms with van der Waals surface area (Å²) in [5.74, 6) is -0.794. The Balaban J connectivity index is 1.61. The number of imide groups is 1. The third kappa shape index (κ3) is 3.60. The summed E-state index contributed by atoms with van der Waals surface area (Å²) in [6.45, 7) is -0.301. The number of rotatable bonds is 5. The SMILES string of the molecule is O=C(CN1C(=O)N[C@@H](Cc2ccccc2)C1=O)Nc1ccccc1. The standard InChI is InChI=1S/C18H17N3O3/c22-16(19-14-9-5-2-6-10-14)12-21-17(23)15(20-18(21)24)11-13-7-3-1-4-8-13/h1-10,15H,11-12H2,(H,19,22)(H,20,24)/t15-/m0/s1. The van der Waals surface area contributed by atoms with Crippen LogP contribution in [0.1, 0.15) is 5.56 Å². The molecule has 2 aromatic rings. The Morgan fingerprint density at radius 1 is 1.00 bits per heavy atom. The molecule has 3 rings (SSSR count). The minimum absolute atomic E-state index is 0.301. The summed E-state index contributed by atoms with van der Waals surface area (Å²) in [6.07, 6.45) is 0.405. The molecule has 122 valence electrons. The molecule has 0 radical (unpaired) electrons. The van der Waals surface area contributed by atoms with Crippen LogP contribution in [0, 0.1) is 0 Å². The van der Waals surface area contributed by atoms with Crippen LogP contribution >= 0.6 is 0 Å². The molecular weight excluding hydrogens is 306 g/mol. The second-order valence-electron chi connectivity index (χ2n) is 5.53. The van der Waals surface area contributed by atoms with Gasteiger partial charge in [-0.05, 0) is 17.7 Å². The van der Waals surface area contributed by atoms with Crippen LogP contribution in [-0.2, 0) is 16.0 Å². The molecule has 0 spiro atoms. The van der Waals surface area contributed by atoms with Crippen LogP contribution < -0.4 is 10.6 Å². The lowest BCUT2D eigenvalue weighted by Gasteiger charge is -2.13. The maximum Gasteiger partial charge on any atom is 0.325 e. The number of para-hydroxylation sites is 1. The molecule has 0 aliphatic carbocycles. The average molecular weight is 323 g/mol. The number of carbonyl (C=O) groups is 3. The lowest BCUT2D eigenvalue weighted by Crippen LogP contribution is -2.38. The van der Waals surface area contributed by atoms with E-state index in [0.717, 1.165) is 10.5 Å². The molecule has 1 aliphatic rings. The zero-order chi connectivity index (χ0) is 16.9. The molecular formula is C18H17N3O3. The van der Waals surface area contributed by atoms with Gasteiger partial charge in [0.15, 0.2) is 0 Å². The lowest BCUT2D eigenvalue weighted by atomic mass is 10.1. The highest BCUT2D eigenvalue weighted by molar-refractivity contribution is 6.08. The third-order valence-electron chi connectivity index (χ3n) is 3.75. The van der Waals surface area contributed by atoms with E-state index in [9.17, 15) is 14.4 Å². The zero-order valence-corrected chi connectivity index (χ0v) is 12.9. The summed E-state index contributed by atoms with van der Waals surface area (Å²) in [5, 5.41) is 5.29. The highest BCUT2D eigenvalue weighted by Gasteiger charge is 2.38. The van der Waals surface area contributed by atoms with E-state index < -0.39 is 18.0 Å². The van der Waals surface area contributed by atoms with Gasteiger partial charge < -0.3 is 10.6 Å². The van der Waals surface area contributed by atoms with Gasteiger partial charge in [0, 0.05) is 12.1 Å². The number of anilines is 1.